The average molecular weight is 387 g/mol. The van der Waals surface area contributed by atoms with Gasteiger partial charge in [0.2, 0.25) is 5.91 Å². The fourth-order valence-corrected chi connectivity index (χ4v) is 4.69. The number of urea groups is 1. The van der Waals surface area contributed by atoms with E-state index in [2.05, 4.69) is 10.6 Å². The molecule has 4 N–H and O–H groups in total. The summed E-state index contributed by atoms with van der Waals surface area (Å²) >= 11 is 0. The van der Waals surface area contributed by atoms with E-state index in [1.165, 1.54) is 25.7 Å². The molecule has 0 spiro atoms. The Kier molecular flexibility index (Phi) is 8.48. The lowest BCUT2D eigenvalue weighted by molar-refractivity contribution is -0.127. The summed E-state index contributed by atoms with van der Waals surface area (Å²) in [5, 5.41) is 6.39. The van der Waals surface area contributed by atoms with Crippen molar-refractivity contribution in [1.29, 1.82) is 0 Å². The number of nitrogens with zero attached hydrogens (tertiary/aromatic N) is 1. The number of piperidine rings is 1. The molecule has 0 radical (unpaired) electrons. The highest BCUT2D eigenvalue weighted by Gasteiger charge is 2.32. The number of hydrogen-bond acceptors (Lipinski definition) is 3. The highest BCUT2D eigenvalue weighted by molar-refractivity contribution is 5.85. The lowest BCUT2D eigenvalue weighted by Gasteiger charge is -2.36. The number of halogens is 1. The van der Waals surface area contributed by atoms with Crippen LogP contribution in [-0.2, 0) is 4.79 Å². The third kappa shape index (κ3) is 5.49. The van der Waals surface area contributed by atoms with E-state index >= 15 is 0 Å². The smallest absolute Gasteiger partial charge is 0.317 e. The van der Waals surface area contributed by atoms with E-state index in [1.807, 2.05) is 4.90 Å². The summed E-state index contributed by atoms with van der Waals surface area (Å²) in [7, 11) is 0. The van der Waals surface area contributed by atoms with Crippen LogP contribution in [-0.4, -0.2) is 48.6 Å². The Morgan fingerprint density at radius 1 is 0.923 bits per heavy atom. The maximum Gasteiger partial charge on any atom is 0.317 e. The molecular formula is C19H35ClN4O2. The molecule has 3 rings (SSSR count). The second-order valence-corrected chi connectivity index (χ2v) is 8.11. The Bertz CT molecular complexity index is 470. The zero-order valence-electron chi connectivity index (χ0n) is 15.8. The van der Waals surface area contributed by atoms with Gasteiger partial charge in [0.1, 0.15) is 0 Å². The third-order valence-electron chi connectivity index (χ3n) is 6.30. The van der Waals surface area contributed by atoms with Gasteiger partial charge in [0, 0.05) is 25.2 Å². The number of likely N-dealkylation sites (tertiary alicyclic amines) is 1. The van der Waals surface area contributed by atoms with Crippen LogP contribution in [0.5, 0.6) is 0 Å². The van der Waals surface area contributed by atoms with E-state index in [0.717, 1.165) is 45.1 Å². The molecule has 6 nitrogen and oxygen atoms in total. The molecule has 2 aliphatic carbocycles. The molecule has 3 atom stereocenters. The lowest BCUT2D eigenvalue weighted by atomic mass is 9.84. The number of hydrogen-bond donors (Lipinski definition) is 3. The third-order valence-corrected chi connectivity index (χ3v) is 6.30. The molecular weight excluding hydrogens is 352 g/mol. The number of amides is 3. The minimum atomic E-state index is -0.0802. The summed E-state index contributed by atoms with van der Waals surface area (Å²) in [5.41, 5.74) is 5.87. The average Bonchev–Trinajstić information content (AvgIpc) is 3.15. The molecule has 1 aliphatic heterocycles. The molecule has 3 fully saturated rings. The van der Waals surface area contributed by atoms with Crippen LogP contribution in [0.4, 0.5) is 4.79 Å². The first kappa shape index (κ1) is 21.3. The Morgan fingerprint density at radius 3 is 2.35 bits per heavy atom. The van der Waals surface area contributed by atoms with Gasteiger partial charge in [0.15, 0.2) is 0 Å². The van der Waals surface area contributed by atoms with Crippen LogP contribution in [0, 0.1) is 11.8 Å². The van der Waals surface area contributed by atoms with Gasteiger partial charge in [-0.1, -0.05) is 25.7 Å². The van der Waals surface area contributed by atoms with E-state index in [0.29, 0.717) is 25.0 Å². The number of nitrogens with one attached hydrogen (secondary N) is 2. The number of carbonyl (C=O) groups excluding carboxylic acids is 2. The molecule has 3 unspecified atom stereocenters. The molecule has 0 aromatic carbocycles. The molecule has 1 saturated heterocycles. The summed E-state index contributed by atoms with van der Waals surface area (Å²) in [6, 6.07) is 0.560. The standard InChI is InChI=1S/C19H34N4O2.ClH/c20-12-14-6-1-4-10-17(14)22-18(24)15-7-5-11-23(13-15)19(25)21-16-8-2-3-9-16;/h14-17H,1-13,20H2,(H,21,25)(H,22,24);1H. The van der Waals surface area contributed by atoms with Gasteiger partial charge >= 0.3 is 6.03 Å². The molecule has 0 aromatic heterocycles. The minimum Gasteiger partial charge on any atom is -0.353 e. The monoisotopic (exact) mass is 386 g/mol. The van der Waals surface area contributed by atoms with Gasteiger partial charge < -0.3 is 21.3 Å². The van der Waals surface area contributed by atoms with Crippen LogP contribution < -0.4 is 16.4 Å². The largest absolute Gasteiger partial charge is 0.353 e. The summed E-state index contributed by atoms with van der Waals surface area (Å²) in [6.45, 7) is 1.95. The summed E-state index contributed by atoms with van der Waals surface area (Å²) in [5.74, 6) is 0.440. The van der Waals surface area contributed by atoms with E-state index in [-0.39, 0.29) is 36.3 Å². The van der Waals surface area contributed by atoms with Crippen LogP contribution in [0.2, 0.25) is 0 Å². The van der Waals surface area contributed by atoms with Crippen molar-refractivity contribution >= 4 is 24.3 Å². The van der Waals surface area contributed by atoms with Crippen molar-refractivity contribution in [3.05, 3.63) is 0 Å². The Morgan fingerprint density at radius 2 is 1.62 bits per heavy atom. The molecule has 1 heterocycles. The maximum absolute atomic E-state index is 12.7. The highest BCUT2D eigenvalue weighted by atomic mass is 35.5. The topological polar surface area (TPSA) is 87.5 Å². The summed E-state index contributed by atoms with van der Waals surface area (Å²) < 4.78 is 0. The predicted octanol–water partition coefficient (Wildman–Crippen LogP) is 2.41. The molecule has 7 heteroatoms. The van der Waals surface area contributed by atoms with E-state index < -0.39 is 0 Å². The van der Waals surface area contributed by atoms with Gasteiger partial charge in [-0.05, 0) is 51.0 Å². The lowest BCUT2D eigenvalue weighted by Crippen LogP contribution is -2.53. The summed E-state index contributed by atoms with van der Waals surface area (Å²) in [4.78, 5) is 27.0. The Hall–Kier alpha value is -1.01. The summed E-state index contributed by atoms with van der Waals surface area (Å²) in [6.07, 6.45) is 10.9. The van der Waals surface area contributed by atoms with Gasteiger partial charge in [-0.2, -0.15) is 0 Å². The van der Waals surface area contributed by atoms with Crippen molar-refractivity contribution in [2.45, 2.75) is 76.3 Å². The van der Waals surface area contributed by atoms with Crippen molar-refractivity contribution in [1.82, 2.24) is 15.5 Å². The van der Waals surface area contributed by atoms with E-state index in [1.54, 1.807) is 0 Å². The fraction of sp³-hybridized carbons (Fsp3) is 0.895. The Balaban J connectivity index is 0.00000243. The molecule has 150 valence electrons. The molecule has 3 aliphatic rings. The molecule has 0 aromatic rings. The van der Waals surface area contributed by atoms with Crippen molar-refractivity contribution < 1.29 is 9.59 Å². The van der Waals surface area contributed by atoms with E-state index in [4.69, 9.17) is 5.73 Å². The number of nitrogens with two attached hydrogens (primary N) is 1. The number of rotatable bonds is 4. The molecule has 26 heavy (non-hydrogen) atoms. The van der Waals surface area contributed by atoms with Crippen LogP contribution in [0.1, 0.15) is 64.2 Å². The predicted molar refractivity (Wildman–Crippen MR) is 105 cm³/mol. The fourth-order valence-electron chi connectivity index (χ4n) is 4.69. The van der Waals surface area contributed by atoms with Crippen molar-refractivity contribution in [3.8, 4) is 0 Å². The second-order valence-electron chi connectivity index (χ2n) is 8.11. The SMILES string of the molecule is Cl.NCC1CCCCC1NC(=O)C1CCCN(C(=O)NC2CCCC2)C1. The van der Waals surface area contributed by atoms with E-state index in [9.17, 15) is 9.59 Å². The van der Waals surface area contributed by atoms with Gasteiger partial charge in [0.25, 0.3) is 0 Å². The minimum absolute atomic E-state index is 0. The van der Waals surface area contributed by atoms with Gasteiger partial charge in [-0.3, -0.25) is 4.79 Å². The molecule has 2 saturated carbocycles. The number of carbonyl (C=O) groups is 2. The zero-order chi connectivity index (χ0) is 17.6. The van der Waals surface area contributed by atoms with Gasteiger partial charge in [-0.15, -0.1) is 12.4 Å². The maximum atomic E-state index is 12.7. The van der Waals surface area contributed by atoms with Gasteiger partial charge in [0.05, 0.1) is 5.92 Å². The van der Waals surface area contributed by atoms with Crippen LogP contribution >= 0.6 is 12.4 Å². The Labute approximate surface area is 163 Å². The second kappa shape index (κ2) is 10.4. The quantitative estimate of drug-likeness (QED) is 0.693. The molecule has 3 amide bonds. The highest BCUT2D eigenvalue weighted by Crippen LogP contribution is 2.25. The zero-order valence-corrected chi connectivity index (χ0v) is 16.6. The van der Waals surface area contributed by atoms with Crippen molar-refractivity contribution in [2.24, 2.45) is 17.6 Å². The van der Waals surface area contributed by atoms with Crippen molar-refractivity contribution in [3.63, 3.8) is 0 Å². The molecule has 0 bridgehead atoms. The van der Waals surface area contributed by atoms with Crippen LogP contribution in [0.25, 0.3) is 0 Å². The normalized spacial score (nSPS) is 29.7. The van der Waals surface area contributed by atoms with Crippen LogP contribution in [0.3, 0.4) is 0 Å². The van der Waals surface area contributed by atoms with Gasteiger partial charge in [-0.25, -0.2) is 4.79 Å². The first-order valence-corrected chi connectivity index (χ1v) is 10.2. The first-order valence-electron chi connectivity index (χ1n) is 10.2. The van der Waals surface area contributed by atoms with Crippen molar-refractivity contribution in [2.75, 3.05) is 19.6 Å². The first-order chi connectivity index (χ1) is 12.2. The van der Waals surface area contributed by atoms with Crippen LogP contribution in [0.15, 0.2) is 0 Å².